The molecule has 1 atom stereocenters. The van der Waals surface area contributed by atoms with Gasteiger partial charge < -0.3 is 15.7 Å². The van der Waals surface area contributed by atoms with Crippen LogP contribution in [-0.2, 0) is 6.42 Å². The lowest BCUT2D eigenvalue weighted by Crippen LogP contribution is -2.38. The first-order valence-electron chi connectivity index (χ1n) is 8.45. The molecule has 130 valence electrons. The molecule has 3 N–H and O–H groups in total. The minimum absolute atomic E-state index is 0.158. The van der Waals surface area contributed by atoms with Crippen LogP contribution in [0.2, 0.25) is 0 Å². The summed E-state index contributed by atoms with van der Waals surface area (Å²) >= 11 is 0. The summed E-state index contributed by atoms with van der Waals surface area (Å²) < 4.78 is 1.85. The average Bonchev–Trinajstić information content (AvgIpc) is 3.14. The molecule has 0 spiro atoms. The largest absolute Gasteiger partial charge is 0.396 e. The Balaban J connectivity index is 1.83. The van der Waals surface area contributed by atoms with Crippen LogP contribution in [0.15, 0.2) is 47.7 Å². The maximum atomic E-state index is 9.08. The first-order chi connectivity index (χ1) is 11.7. The van der Waals surface area contributed by atoms with E-state index in [1.165, 1.54) is 5.56 Å². The molecule has 0 bridgehead atoms. The molecule has 2 rings (SSSR count). The summed E-state index contributed by atoms with van der Waals surface area (Å²) in [5, 5.41) is 19.9. The Morgan fingerprint density at radius 1 is 1.29 bits per heavy atom. The Morgan fingerprint density at radius 2 is 2.08 bits per heavy atom. The van der Waals surface area contributed by atoms with Crippen LogP contribution in [-0.4, -0.2) is 47.1 Å². The van der Waals surface area contributed by atoms with Gasteiger partial charge in [0, 0.05) is 38.6 Å². The average molecular weight is 329 g/mol. The first-order valence-corrected chi connectivity index (χ1v) is 8.45. The third-order valence-corrected chi connectivity index (χ3v) is 3.63. The molecule has 6 nitrogen and oxygen atoms in total. The van der Waals surface area contributed by atoms with Gasteiger partial charge in [0.15, 0.2) is 5.96 Å². The summed E-state index contributed by atoms with van der Waals surface area (Å²) in [6, 6.07) is 10.3. The van der Waals surface area contributed by atoms with E-state index >= 15 is 0 Å². The van der Waals surface area contributed by atoms with E-state index in [1.54, 1.807) is 6.20 Å². The van der Waals surface area contributed by atoms with Crippen molar-refractivity contribution in [2.24, 2.45) is 10.9 Å². The van der Waals surface area contributed by atoms with Gasteiger partial charge in [-0.05, 0) is 43.0 Å². The molecule has 0 aliphatic rings. The molecule has 0 saturated heterocycles. The summed E-state index contributed by atoms with van der Waals surface area (Å²) in [6.07, 6.45) is 4.62. The van der Waals surface area contributed by atoms with Crippen molar-refractivity contribution in [3.8, 4) is 5.69 Å². The highest BCUT2D eigenvalue weighted by molar-refractivity contribution is 5.79. The summed E-state index contributed by atoms with van der Waals surface area (Å²) in [7, 11) is 0. The van der Waals surface area contributed by atoms with Crippen LogP contribution in [0.25, 0.3) is 5.69 Å². The van der Waals surface area contributed by atoms with E-state index in [2.05, 4.69) is 45.0 Å². The number of aliphatic imine (C=N–C) groups is 1. The van der Waals surface area contributed by atoms with Crippen molar-refractivity contribution < 1.29 is 5.11 Å². The zero-order chi connectivity index (χ0) is 17.2. The third-order valence-electron chi connectivity index (χ3n) is 3.63. The number of hydrogen-bond acceptors (Lipinski definition) is 3. The number of guanidine groups is 1. The first kappa shape index (κ1) is 18.0. The number of aliphatic hydroxyl groups excluding tert-OH is 1. The van der Waals surface area contributed by atoms with Crippen LogP contribution in [0.1, 0.15) is 19.4 Å². The predicted molar refractivity (Wildman–Crippen MR) is 97.5 cm³/mol. The van der Waals surface area contributed by atoms with Crippen molar-refractivity contribution in [1.82, 2.24) is 20.4 Å². The predicted octanol–water partition coefficient (Wildman–Crippen LogP) is 1.60. The van der Waals surface area contributed by atoms with Crippen LogP contribution in [0.4, 0.5) is 0 Å². The lowest BCUT2D eigenvalue weighted by atomic mass is 10.1. The van der Waals surface area contributed by atoms with Crippen LogP contribution >= 0.6 is 0 Å². The van der Waals surface area contributed by atoms with Gasteiger partial charge in [-0.2, -0.15) is 5.10 Å². The van der Waals surface area contributed by atoms with E-state index in [-0.39, 0.29) is 12.5 Å². The Labute approximate surface area is 143 Å². The standard InChI is InChI=1S/C18H27N5O/c1-3-19-18(21-13-15(2)14-24)20-11-9-16-5-7-17(8-6-16)23-12-4-10-22-23/h4-8,10,12,15,24H,3,9,11,13-14H2,1-2H3,(H2,19,20,21). The summed E-state index contributed by atoms with van der Waals surface area (Å²) in [5.74, 6) is 0.973. The van der Waals surface area contributed by atoms with Crippen LogP contribution in [0, 0.1) is 5.92 Å². The van der Waals surface area contributed by atoms with Gasteiger partial charge in [-0.3, -0.25) is 4.99 Å². The molecule has 24 heavy (non-hydrogen) atoms. The number of hydrogen-bond donors (Lipinski definition) is 3. The second-order valence-corrected chi connectivity index (χ2v) is 5.80. The second-order valence-electron chi connectivity index (χ2n) is 5.80. The molecule has 1 heterocycles. The zero-order valence-corrected chi connectivity index (χ0v) is 14.4. The summed E-state index contributed by atoms with van der Waals surface area (Å²) in [6.45, 7) is 6.42. The molecule has 2 aromatic rings. The van der Waals surface area contributed by atoms with E-state index in [4.69, 9.17) is 5.11 Å². The number of nitrogens with zero attached hydrogens (tertiary/aromatic N) is 3. The van der Waals surface area contributed by atoms with Crippen LogP contribution < -0.4 is 10.6 Å². The molecular formula is C18H27N5O. The Hall–Kier alpha value is -2.34. The fourth-order valence-corrected chi connectivity index (χ4v) is 2.21. The van der Waals surface area contributed by atoms with Crippen molar-refractivity contribution in [3.05, 3.63) is 48.3 Å². The fraction of sp³-hybridized carbons (Fsp3) is 0.444. The highest BCUT2D eigenvalue weighted by Gasteiger charge is 2.02. The molecule has 0 saturated carbocycles. The number of nitrogens with one attached hydrogen (secondary N) is 2. The van der Waals surface area contributed by atoms with Crippen molar-refractivity contribution in [1.29, 1.82) is 0 Å². The number of benzene rings is 1. The second kappa shape index (κ2) is 9.72. The smallest absolute Gasteiger partial charge is 0.191 e. The Kier molecular flexibility index (Phi) is 7.29. The van der Waals surface area contributed by atoms with Crippen molar-refractivity contribution in [2.75, 3.05) is 26.2 Å². The monoisotopic (exact) mass is 329 g/mol. The molecule has 6 heteroatoms. The van der Waals surface area contributed by atoms with Gasteiger partial charge >= 0.3 is 0 Å². The Bertz CT molecular complexity index is 607. The molecule has 0 fully saturated rings. The Morgan fingerprint density at radius 3 is 2.71 bits per heavy atom. The van der Waals surface area contributed by atoms with Gasteiger partial charge in [0.2, 0.25) is 0 Å². The molecule has 0 aliphatic heterocycles. The van der Waals surface area contributed by atoms with E-state index < -0.39 is 0 Å². The topological polar surface area (TPSA) is 74.5 Å². The summed E-state index contributed by atoms with van der Waals surface area (Å²) in [4.78, 5) is 4.49. The van der Waals surface area contributed by atoms with Gasteiger partial charge in [0.1, 0.15) is 0 Å². The SMILES string of the molecule is CCNC(=NCC(C)CO)NCCc1ccc(-n2cccn2)cc1. The van der Waals surface area contributed by atoms with E-state index in [0.29, 0.717) is 6.54 Å². The van der Waals surface area contributed by atoms with E-state index in [9.17, 15) is 0 Å². The third kappa shape index (κ3) is 5.70. The minimum Gasteiger partial charge on any atom is -0.396 e. The maximum absolute atomic E-state index is 9.08. The number of rotatable bonds is 8. The van der Waals surface area contributed by atoms with Gasteiger partial charge in [-0.15, -0.1) is 0 Å². The van der Waals surface area contributed by atoms with Gasteiger partial charge in [0.05, 0.1) is 5.69 Å². The van der Waals surface area contributed by atoms with Crippen molar-refractivity contribution >= 4 is 5.96 Å². The molecular weight excluding hydrogens is 302 g/mol. The molecule has 0 radical (unpaired) electrons. The summed E-state index contributed by atoms with van der Waals surface area (Å²) in [5.41, 5.74) is 2.32. The number of aliphatic hydroxyl groups is 1. The number of aromatic nitrogens is 2. The minimum atomic E-state index is 0.158. The van der Waals surface area contributed by atoms with Crippen molar-refractivity contribution in [2.45, 2.75) is 20.3 Å². The fourth-order valence-electron chi connectivity index (χ4n) is 2.21. The maximum Gasteiger partial charge on any atom is 0.191 e. The highest BCUT2D eigenvalue weighted by Crippen LogP contribution is 2.08. The molecule has 1 aromatic heterocycles. The van der Waals surface area contributed by atoms with Crippen LogP contribution in [0.5, 0.6) is 0 Å². The van der Waals surface area contributed by atoms with Gasteiger partial charge in [-0.25, -0.2) is 4.68 Å². The zero-order valence-electron chi connectivity index (χ0n) is 14.4. The molecule has 1 unspecified atom stereocenters. The molecule has 0 aliphatic carbocycles. The quantitative estimate of drug-likeness (QED) is 0.508. The normalized spacial score (nSPS) is 12.9. The lowest BCUT2D eigenvalue weighted by Gasteiger charge is -2.12. The van der Waals surface area contributed by atoms with Gasteiger partial charge in [-0.1, -0.05) is 19.1 Å². The van der Waals surface area contributed by atoms with Gasteiger partial charge in [0.25, 0.3) is 0 Å². The molecule has 0 amide bonds. The molecule has 1 aromatic carbocycles. The van der Waals surface area contributed by atoms with Crippen molar-refractivity contribution in [3.63, 3.8) is 0 Å². The lowest BCUT2D eigenvalue weighted by molar-refractivity contribution is 0.241. The van der Waals surface area contributed by atoms with E-state index in [1.807, 2.05) is 30.8 Å². The van der Waals surface area contributed by atoms with Crippen LogP contribution in [0.3, 0.4) is 0 Å². The van der Waals surface area contributed by atoms with E-state index in [0.717, 1.165) is 31.2 Å². The highest BCUT2D eigenvalue weighted by atomic mass is 16.3.